The van der Waals surface area contributed by atoms with Crippen molar-refractivity contribution in [1.29, 1.82) is 0 Å². The van der Waals surface area contributed by atoms with Crippen molar-refractivity contribution < 1.29 is 18.0 Å². The molecule has 0 N–H and O–H groups in total. The van der Waals surface area contributed by atoms with E-state index in [2.05, 4.69) is 10.3 Å². The van der Waals surface area contributed by atoms with Crippen molar-refractivity contribution in [2.45, 2.75) is 32.5 Å². The normalized spacial score (nSPS) is 11.6. The third-order valence-electron chi connectivity index (χ3n) is 3.08. The Morgan fingerprint density at radius 1 is 1.24 bits per heavy atom. The molecular formula is C14H14F3N3O. The van der Waals surface area contributed by atoms with Crippen LogP contribution in [0, 0.1) is 0 Å². The SMILES string of the molecule is CCCCn1nnc(C=O)c1-c1ccc(C(F)(F)F)cc1. The standard InChI is InChI=1S/C14H14F3N3O/c1-2-3-8-20-13(12(9-21)18-19-20)10-4-6-11(7-5-10)14(15,16)17/h4-7,9H,2-3,8H2,1H3. The van der Waals surface area contributed by atoms with Gasteiger partial charge in [0.1, 0.15) is 0 Å². The predicted octanol–water partition coefficient (Wildman–Crippen LogP) is 3.58. The van der Waals surface area contributed by atoms with Crippen LogP contribution in [0.3, 0.4) is 0 Å². The number of alkyl halides is 3. The summed E-state index contributed by atoms with van der Waals surface area (Å²) >= 11 is 0. The van der Waals surface area contributed by atoms with Crippen LogP contribution in [-0.2, 0) is 12.7 Å². The maximum absolute atomic E-state index is 12.6. The molecule has 21 heavy (non-hydrogen) atoms. The van der Waals surface area contributed by atoms with E-state index in [1.54, 1.807) is 4.68 Å². The van der Waals surface area contributed by atoms with E-state index < -0.39 is 11.7 Å². The van der Waals surface area contributed by atoms with Gasteiger partial charge in [0.15, 0.2) is 12.0 Å². The quantitative estimate of drug-likeness (QED) is 0.793. The van der Waals surface area contributed by atoms with Gasteiger partial charge in [0.25, 0.3) is 0 Å². The van der Waals surface area contributed by atoms with Gasteiger partial charge in [-0.25, -0.2) is 4.68 Å². The average Bonchev–Trinajstić information content (AvgIpc) is 2.87. The second-order valence-corrected chi connectivity index (χ2v) is 4.59. The van der Waals surface area contributed by atoms with Crippen molar-refractivity contribution in [3.63, 3.8) is 0 Å². The fourth-order valence-corrected chi connectivity index (χ4v) is 1.98. The summed E-state index contributed by atoms with van der Waals surface area (Å²) in [5.41, 5.74) is 0.343. The molecule has 1 heterocycles. The number of halogens is 3. The molecule has 0 fully saturated rings. The number of nitrogens with zero attached hydrogens (tertiary/aromatic N) is 3. The van der Waals surface area contributed by atoms with E-state index in [0.29, 0.717) is 24.1 Å². The molecule has 0 aliphatic carbocycles. The number of aryl methyl sites for hydroxylation is 1. The average molecular weight is 297 g/mol. The smallest absolute Gasteiger partial charge is 0.296 e. The largest absolute Gasteiger partial charge is 0.416 e. The molecule has 112 valence electrons. The van der Waals surface area contributed by atoms with Crippen molar-refractivity contribution >= 4 is 6.29 Å². The van der Waals surface area contributed by atoms with Crippen LogP contribution in [0.2, 0.25) is 0 Å². The van der Waals surface area contributed by atoms with Crippen LogP contribution >= 0.6 is 0 Å². The number of aromatic nitrogens is 3. The van der Waals surface area contributed by atoms with Gasteiger partial charge in [-0.3, -0.25) is 4.79 Å². The van der Waals surface area contributed by atoms with Crippen LogP contribution in [0.25, 0.3) is 11.3 Å². The van der Waals surface area contributed by atoms with E-state index in [0.717, 1.165) is 25.0 Å². The van der Waals surface area contributed by atoms with Crippen molar-refractivity contribution in [3.8, 4) is 11.3 Å². The second-order valence-electron chi connectivity index (χ2n) is 4.59. The zero-order chi connectivity index (χ0) is 15.5. The predicted molar refractivity (Wildman–Crippen MR) is 70.8 cm³/mol. The zero-order valence-corrected chi connectivity index (χ0v) is 11.4. The Bertz CT molecular complexity index is 617. The van der Waals surface area contributed by atoms with Crippen LogP contribution in [0.4, 0.5) is 13.2 Å². The van der Waals surface area contributed by atoms with E-state index in [1.807, 2.05) is 6.92 Å². The molecule has 2 aromatic rings. The monoisotopic (exact) mass is 297 g/mol. The number of unbranched alkanes of at least 4 members (excludes halogenated alkanes) is 1. The first-order valence-corrected chi connectivity index (χ1v) is 6.53. The number of rotatable bonds is 5. The molecule has 0 saturated heterocycles. The lowest BCUT2D eigenvalue weighted by atomic mass is 10.1. The Labute approximate surface area is 119 Å². The minimum Gasteiger partial charge on any atom is -0.296 e. The third-order valence-corrected chi connectivity index (χ3v) is 3.08. The van der Waals surface area contributed by atoms with Crippen LogP contribution in [0.1, 0.15) is 35.8 Å². The molecule has 2 rings (SSSR count). The second kappa shape index (κ2) is 6.07. The zero-order valence-electron chi connectivity index (χ0n) is 11.4. The van der Waals surface area contributed by atoms with E-state index in [9.17, 15) is 18.0 Å². The summed E-state index contributed by atoms with van der Waals surface area (Å²) < 4.78 is 39.3. The Morgan fingerprint density at radius 3 is 2.43 bits per heavy atom. The molecule has 1 aromatic carbocycles. The maximum atomic E-state index is 12.6. The Balaban J connectivity index is 2.40. The Hall–Kier alpha value is -2.18. The summed E-state index contributed by atoms with van der Waals surface area (Å²) in [6.45, 7) is 2.57. The highest BCUT2D eigenvalue weighted by Gasteiger charge is 2.30. The third kappa shape index (κ3) is 3.29. The van der Waals surface area contributed by atoms with E-state index in [4.69, 9.17) is 0 Å². The van der Waals surface area contributed by atoms with Crippen molar-refractivity contribution in [1.82, 2.24) is 15.0 Å². The van der Waals surface area contributed by atoms with E-state index in [1.165, 1.54) is 12.1 Å². The summed E-state index contributed by atoms with van der Waals surface area (Å²) in [6, 6.07) is 4.63. The number of aldehydes is 1. The molecule has 0 aliphatic heterocycles. The molecular weight excluding hydrogens is 283 g/mol. The number of hydrogen-bond donors (Lipinski definition) is 0. The Morgan fingerprint density at radius 2 is 1.90 bits per heavy atom. The summed E-state index contributed by atoms with van der Waals surface area (Å²) in [4.78, 5) is 11.0. The molecule has 0 bridgehead atoms. The van der Waals surface area contributed by atoms with Gasteiger partial charge in [0.2, 0.25) is 0 Å². The lowest BCUT2D eigenvalue weighted by Crippen LogP contribution is -2.05. The fourth-order valence-electron chi connectivity index (χ4n) is 1.98. The molecule has 4 nitrogen and oxygen atoms in total. The van der Waals surface area contributed by atoms with Gasteiger partial charge in [-0.15, -0.1) is 5.10 Å². The fraction of sp³-hybridized carbons (Fsp3) is 0.357. The van der Waals surface area contributed by atoms with Crippen molar-refractivity contribution in [2.24, 2.45) is 0 Å². The number of hydrogen-bond acceptors (Lipinski definition) is 3. The molecule has 1 aromatic heterocycles. The van der Waals surface area contributed by atoms with Gasteiger partial charge in [-0.1, -0.05) is 30.7 Å². The first-order valence-electron chi connectivity index (χ1n) is 6.53. The van der Waals surface area contributed by atoms with Crippen molar-refractivity contribution in [2.75, 3.05) is 0 Å². The highest BCUT2D eigenvalue weighted by Crippen LogP contribution is 2.31. The maximum Gasteiger partial charge on any atom is 0.416 e. The van der Waals surface area contributed by atoms with Gasteiger partial charge in [-0.2, -0.15) is 13.2 Å². The highest BCUT2D eigenvalue weighted by atomic mass is 19.4. The number of carbonyl (C=O) groups is 1. The lowest BCUT2D eigenvalue weighted by Gasteiger charge is -2.09. The molecule has 0 amide bonds. The van der Waals surface area contributed by atoms with Crippen LogP contribution in [0.15, 0.2) is 24.3 Å². The van der Waals surface area contributed by atoms with Crippen LogP contribution < -0.4 is 0 Å². The van der Waals surface area contributed by atoms with E-state index in [-0.39, 0.29) is 5.69 Å². The van der Waals surface area contributed by atoms with Gasteiger partial charge >= 0.3 is 6.18 Å². The molecule has 0 spiro atoms. The van der Waals surface area contributed by atoms with Crippen molar-refractivity contribution in [3.05, 3.63) is 35.5 Å². The van der Waals surface area contributed by atoms with Gasteiger partial charge in [-0.05, 0) is 18.6 Å². The molecule has 0 aliphatic rings. The summed E-state index contributed by atoms with van der Waals surface area (Å²) in [5, 5.41) is 7.64. The van der Waals surface area contributed by atoms with Gasteiger partial charge in [0.05, 0.1) is 11.3 Å². The summed E-state index contributed by atoms with van der Waals surface area (Å²) in [7, 11) is 0. The summed E-state index contributed by atoms with van der Waals surface area (Å²) in [5.74, 6) is 0. The molecule has 0 radical (unpaired) electrons. The molecule has 7 heteroatoms. The van der Waals surface area contributed by atoms with Gasteiger partial charge < -0.3 is 0 Å². The highest BCUT2D eigenvalue weighted by molar-refractivity contribution is 5.83. The minimum atomic E-state index is -4.38. The molecule has 0 unspecified atom stereocenters. The number of carbonyl (C=O) groups excluding carboxylic acids is 1. The minimum absolute atomic E-state index is 0.130. The first-order chi connectivity index (χ1) is 9.97. The Kier molecular flexibility index (Phi) is 4.40. The first kappa shape index (κ1) is 15.2. The summed E-state index contributed by atoms with van der Waals surface area (Å²) in [6.07, 6.45) is -2.05. The lowest BCUT2D eigenvalue weighted by molar-refractivity contribution is -0.137. The van der Waals surface area contributed by atoms with Crippen LogP contribution in [0.5, 0.6) is 0 Å². The van der Waals surface area contributed by atoms with Gasteiger partial charge in [0, 0.05) is 12.1 Å². The molecule has 0 saturated carbocycles. The molecule has 0 atom stereocenters. The topological polar surface area (TPSA) is 47.8 Å². The van der Waals surface area contributed by atoms with Crippen LogP contribution in [-0.4, -0.2) is 21.3 Å². The van der Waals surface area contributed by atoms with E-state index >= 15 is 0 Å². The number of benzene rings is 1.